The van der Waals surface area contributed by atoms with Crippen molar-refractivity contribution in [1.29, 1.82) is 0 Å². The summed E-state index contributed by atoms with van der Waals surface area (Å²) in [7, 11) is 0. The molecule has 4 atom stereocenters. The Morgan fingerprint density at radius 2 is 2.00 bits per heavy atom. The fraction of sp³-hybridized carbons (Fsp3) is 0.591. The molecule has 0 radical (unpaired) electrons. The first-order valence-corrected chi connectivity index (χ1v) is 11.9. The van der Waals surface area contributed by atoms with Crippen molar-refractivity contribution in [2.45, 2.75) is 64.2 Å². The maximum absolute atomic E-state index is 13.3. The lowest BCUT2D eigenvalue weighted by atomic mass is 9.94. The Labute approximate surface area is 187 Å². The van der Waals surface area contributed by atoms with Gasteiger partial charge in [0, 0.05) is 30.8 Å². The average Bonchev–Trinajstić information content (AvgIpc) is 3.02. The average molecular weight is 449 g/mol. The molecule has 2 N–H and O–H groups in total. The van der Waals surface area contributed by atoms with Crippen molar-refractivity contribution in [2.24, 2.45) is 5.92 Å². The van der Waals surface area contributed by atoms with E-state index in [9.17, 15) is 19.2 Å². The minimum Gasteiger partial charge on any atom is -0.347 e. The summed E-state index contributed by atoms with van der Waals surface area (Å²) in [5.74, 6) is -0.174. The van der Waals surface area contributed by atoms with Gasteiger partial charge >= 0.3 is 0 Å². The topological polar surface area (TPSA) is 108 Å². The lowest BCUT2D eigenvalue weighted by Crippen LogP contribution is -2.53. The van der Waals surface area contributed by atoms with Crippen molar-refractivity contribution in [2.75, 3.05) is 12.0 Å². The summed E-state index contributed by atoms with van der Waals surface area (Å²) in [5, 5.41) is 5.31. The van der Waals surface area contributed by atoms with Crippen molar-refractivity contribution in [1.82, 2.24) is 20.5 Å². The van der Waals surface area contributed by atoms with E-state index in [1.54, 1.807) is 29.1 Å². The monoisotopic (exact) mass is 448 g/mol. The van der Waals surface area contributed by atoms with Gasteiger partial charge in [0.15, 0.2) is 5.78 Å². The summed E-state index contributed by atoms with van der Waals surface area (Å²) < 4.78 is 0. The number of thioether (sulfide) groups is 1. The fourth-order valence-corrected chi connectivity index (χ4v) is 4.35. The van der Waals surface area contributed by atoms with Crippen LogP contribution in [0, 0.1) is 5.92 Å². The standard InChI is InChI=1S/C22H32N4O4S/c1-14(2)20(28)19(12-16-5-8-23-9-6-16)26-15(3)11-18(22(26)30)25-21(29)17(24-13-27)7-10-31-4/h5-6,8-9,13-15,17-19H,7,10-12H2,1-4H3,(H,24,27)(H,25,29). The summed E-state index contributed by atoms with van der Waals surface area (Å²) in [4.78, 5) is 55.5. The maximum Gasteiger partial charge on any atom is 0.246 e. The van der Waals surface area contributed by atoms with Crippen LogP contribution in [-0.2, 0) is 25.6 Å². The van der Waals surface area contributed by atoms with Crippen LogP contribution in [0.1, 0.15) is 39.2 Å². The first-order chi connectivity index (χ1) is 14.8. The minimum absolute atomic E-state index is 0.00976. The summed E-state index contributed by atoms with van der Waals surface area (Å²) >= 11 is 1.57. The first kappa shape index (κ1) is 24.8. The molecule has 8 nitrogen and oxygen atoms in total. The van der Waals surface area contributed by atoms with E-state index in [0.717, 1.165) is 5.56 Å². The second-order valence-corrected chi connectivity index (χ2v) is 9.13. The van der Waals surface area contributed by atoms with Crippen LogP contribution in [0.5, 0.6) is 0 Å². The molecule has 1 aliphatic heterocycles. The third kappa shape index (κ3) is 6.53. The van der Waals surface area contributed by atoms with Gasteiger partial charge in [-0.2, -0.15) is 11.8 Å². The Morgan fingerprint density at radius 1 is 1.32 bits per heavy atom. The second-order valence-electron chi connectivity index (χ2n) is 8.14. The number of nitrogens with one attached hydrogen (secondary N) is 2. The van der Waals surface area contributed by atoms with E-state index in [2.05, 4.69) is 15.6 Å². The van der Waals surface area contributed by atoms with Crippen LogP contribution >= 0.6 is 11.8 Å². The minimum atomic E-state index is -0.715. The highest BCUT2D eigenvalue weighted by molar-refractivity contribution is 7.98. The highest BCUT2D eigenvalue weighted by atomic mass is 32.2. The van der Waals surface area contributed by atoms with E-state index in [1.807, 2.05) is 39.2 Å². The molecule has 1 aromatic heterocycles. The largest absolute Gasteiger partial charge is 0.347 e. The number of Topliss-reactive ketones (excluding diaryl/α,β-unsaturated/α-hetero) is 1. The molecule has 0 aliphatic carbocycles. The Morgan fingerprint density at radius 3 is 2.58 bits per heavy atom. The highest BCUT2D eigenvalue weighted by Gasteiger charge is 2.44. The molecular formula is C22H32N4O4S. The SMILES string of the molecule is CSCCC(NC=O)C(=O)NC1CC(C)N(C(Cc2ccncc2)C(=O)C(C)C)C1=O. The molecule has 2 heterocycles. The molecular weight excluding hydrogens is 416 g/mol. The number of rotatable bonds is 12. The lowest BCUT2D eigenvalue weighted by Gasteiger charge is -2.32. The van der Waals surface area contributed by atoms with E-state index in [0.29, 0.717) is 31.4 Å². The smallest absolute Gasteiger partial charge is 0.246 e. The molecule has 4 unspecified atom stereocenters. The first-order valence-electron chi connectivity index (χ1n) is 10.5. The van der Waals surface area contributed by atoms with Gasteiger partial charge in [-0.15, -0.1) is 0 Å². The molecule has 1 fully saturated rings. The van der Waals surface area contributed by atoms with Gasteiger partial charge in [-0.1, -0.05) is 13.8 Å². The molecule has 0 saturated carbocycles. The summed E-state index contributed by atoms with van der Waals surface area (Å²) in [5.41, 5.74) is 0.925. The molecule has 3 amide bonds. The molecule has 0 bridgehead atoms. The molecule has 1 saturated heterocycles. The molecule has 2 rings (SSSR count). The zero-order valence-electron chi connectivity index (χ0n) is 18.5. The number of carbonyl (C=O) groups excluding carboxylic acids is 4. The van der Waals surface area contributed by atoms with Crippen LogP contribution in [0.25, 0.3) is 0 Å². The highest BCUT2D eigenvalue weighted by Crippen LogP contribution is 2.26. The van der Waals surface area contributed by atoms with Gasteiger partial charge in [0.05, 0.1) is 6.04 Å². The molecule has 1 aromatic rings. The number of hydrogen-bond donors (Lipinski definition) is 2. The fourth-order valence-electron chi connectivity index (χ4n) is 3.88. The van der Waals surface area contributed by atoms with Crippen LogP contribution in [0.4, 0.5) is 0 Å². The zero-order valence-corrected chi connectivity index (χ0v) is 19.4. The van der Waals surface area contributed by atoms with Gasteiger partial charge < -0.3 is 15.5 Å². The van der Waals surface area contributed by atoms with Gasteiger partial charge in [0.2, 0.25) is 18.2 Å². The van der Waals surface area contributed by atoms with Crippen molar-refractivity contribution >= 4 is 35.8 Å². The van der Waals surface area contributed by atoms with E-state index >= 15 is 0 Å². The predicted octanol–water partition coefficient (Wildman–Crippen LogP) is 1.19. The number of aromatic nitrogens is 1. The van der Waals surface area contributed by atoms with E-state index in [4.69, 9.17) is 0 Å². The summed E-state index contributed by atoms with van der Waals surface area (Å²) in [6.07, 6.45) is 7.05. The molecule has 31 heavy (non-hydrogen) atoms. The molecule has 9 heteroatoms. The number of carbonyl (C=O) groups is 4. The quantitative estimate of drug-likeness (QED) is 0.465. The molecule has 0 aromatic carbocycles. The summed E-state index contributed by atoms with van der Waals surface area (Å²) in [6, 6.07) is 1.47. The number of likely N-dealkylation sites (tertiary alicyclic amines) is 1. The van der Waals surface area contributed by atoms with Crippen molar-refractivity contribution < 1.29 is 19.2 Å². The van der Waals surface area contributed by atoms with Gasteiger partial charge in [-0.05, 0) is 49.5 Å². The van der Waals surface area contributed by atoms with Crippen LogP contribution in [0.15, 0.2) is 24.5 Å². The van der Waals surface area contributed by atoms with Crippen molar-refractivity contribution in [3.05, 3.63) is 30.1 Å². The van der Waals surface area contributed by atoms with Gasteiger partial charge in [0.1, 0.15) is 12.1 Å². The van der Waals surface area contributed by atoms with Gasteiger partial charge in [-0.25, -0.2) is 0 Å². The number of ketones is 1. The third-order valence-electron chi connectivity index (χ3n) is 5.53. The molecule has 1 aliphatic rings. The third-order valence-corrected chi connectivity index (χ3v) is 6.17. The summed E-state index contributed by atoms with van der Waals surface area (Å²) in [6.45, 7) is 5.55. The predicted molar refractivity (Wildman–Crippen MR) is 120 cm³/mol. The Balaban J connectivity index is 2.18. The lowest BCUT2D eigenvalue weighted by molar-refractivity contribution is -0.141. The number of pyridine rings is 1. The van der Waals surface area contributed by atoms with E-state index < -0.39 is 18.1 Å². The van der Waals surface area contributed by atoms with Crippen LogP contribution in [0.3, 0.4) is 0 Å². The number of nitrogens with zero attached hydrogens (tertiary/aromatic N) is 2. The molecule has 170 valence electrons. The second kappa shape index (κ2) is 11.8. The van der Waals surface area contributed by atoms with Gasteiger partial charge in [-0.3, -0.25) is 24.2 Å². The maximum atomic E-state index is 13.3. The Bertz CT molecular complexity index is 774. The van der Waals surface area contributed by atoms with Crippen molar-refractivity contribution in [3.8, 4) is 0 Å². The van der Waals surface area contributed by atoms with Crippen LogP contribution in [-0.4, -0.2) is 70.1 Å². The normalized spacial score (nSPS) is 20.4. The van der Waals surface area contributed by atoms with E-state index in [-0.39, 0.29) is 29.6 Å². The van der Waals surface area contributed by atoms with E-state index in [1.165, 1.54) is 0 Å². The van der Waals surface area contributed by atoms with Crippen LogP contribution in [0.2, 0.25) is 0 Å². The van der Waals surface area contributed by atoms with Crippen molar-refractivity contribution in [3.63, 3.8) is 0 Å². The Hall–Kier alpha value is -2.42. The number of amides is 3. The Kier molecular flexibility index (Phi) is 9.48. The zero-order chi connectivity index (χ0) is 23.0. The van der Waals surface area contributed by atoms with Crippen LogP contribution < -0.4 is 10.6 Å². The van der Waals surface area contributed by atoms with Gasteiger partial charge in [0.25, 0.3) is 0 Å². The number of hydrogen-bond acceptors (Lipinski definition) is 6. The molecule has 0 spiro atoms.